The zero-order valence-corrected chi connectivity index (χ0v) is 14.8. The number of carbonyl (C=O) groups is 2. The first kappa shape index (κ1) is 18.6. The third-order valence-electron chi connectivity index (χ3n) is 4.20. The molecule has 136 valence electrons. The van der Waals surface area contributed by atoms with Gasteiger partial charge in [-0.2, -0.15) is 0 Å². The van der Waals surface area contributed by atoms with Gasteiger partial charge in [0.25, 0.3) is 5.70 Å². The summed E-state index contributed by atoms with van der Waals surface area (Å²) < 4.78 is 10.0. The van der Waals surface area contributed by atoms with Crippen LogP contribution in [-0.2, 0) is 14.3 Å². The van der Waals surface area contributed by atoms with Crippen molar-refractivity contribution in [2.75, 3.05) is 13.2 Å². The first-order valence-corrected chi connectivity index (χ1v) is 8.33. The van der Waals surface area contributed by atoms with Crippen molar-refractivity contribution in [3.05, 3.63) is 88.9 Å². The highest BCUT2D eigenvalue weighted by Crippen LogP contribution is 2.47. The summed E-state index contributed by atoms with van der Waals surface area (Å²) >= 11 is 0. The van der Waals surface area contributed by atoms with Gasteiger partial charge in [-0.1, -0.05) is 43.0 Å². The summed E-state index contributed by atoms with van der Waals surface area (Å²) in [4.78, 5) is 27.0. The van der Waals surface area contributed by atoms with Crippen LogP contribution in [0.5, 0.6) is 0 Å². The Kier molecular flexibility index (Phi) is 5.34. The van der Waals surface area contributed by atoms with Crippen molar-refractivity contribution in [2.45, 2.75) is 0 Å². The van der Waals surface area contributed by atoms with E-state index in [4.69, 9.17) is 16.0 Å². The van der Waals surface area contributed by atoms with E-state index in [0.717, 1.165) is 17.2 Å². The van der Waals surface area contributed by atoms with Crippen LogP contribution in [0.2, 0.25) is 0 Å². The molecule has 0 saturated heterocycles. The van der Waals surface area contributed by atoms with E-state index < -0.39 is 11.9 Å². The van der Waals surface area contributed by atoms with Gasteiger partial charge in [0.1, 0.15) is 13.2 Å². The van der Waals surface area contributed by atoms with Gasteiger partial charge in [-0.05, 0) is 22.8 Å². The number of fused-ring (bicyclic) bond motifs is 3. The van der Waals surface area contributed by atoms with Gasteiger partial charge >= 0.3 is 11.9 Å². The number of rotatable bonds is 5. The summed E-state index contributed by atoms with van der Waals surface area (Å²) in [6, 6.07) is 14.3. The third kappa shape index (κ3) is 3.27. The molecule has 6 heteroatoms. The molecular weight excluding hydrogens is 356 g/mol. The maximum absolute atomic E-state index is 12.6. The minimum absolute atomic E-state index is 0.0342. The molecule has 0 aromatic heterocycles. The fourth-order valence-electron chi connectivity index (χ4n) is 3.09. The van der Waals surface area contributed by atoms with Gasteiger partial charge in [0, 0.05) is 17.2 Å². The van der Waals surface area contributed by atoms with Crippen molar-refractivity contribution in [3.8, 4) is 17.2 Å². The fourth-order valence-corrected chi connectivity index (χ4v) is 3.09. The van der Waals surface area contributed by atoms with Crippen LogP contribution in [0.25, 0.3) is 21.5 Å². The SMILES string of the molecule is [C-]#[N+]/C(C#N)=C1/c2ccccc2-c2c(C(=O)OCCOC(=O)C=C)cccc21. The van der Waals surface area contributed by atoms with Crippen molar-refractivity contribution in [3.63, 3.8) is 0 Å². The van der Waals surface area contributed by atoms with Gasteiger partial charge in [0.2, 0.25) is 0 Å². The molecule has 0 N–H and O–H groups in total. The largest absolute Gasteiger partial charge is 0.459 e. The van der Waals surface area contributed by atoms with E-state index >= 15 is 0 Å². The zero-order chi connectivity index (χ0) is 20.1. The molecule has 0 saturated carbocycles. The summed E-state index contributed by atoms with van der Waals surface area (Å²) in [6.45, 7) is 10.4. The summed E-state index contributed by atoms with van der Waals surface area (Å²) in [5.74, 6) is -1.17. The first-order chi connectivity index (χ1) is 13.6. The van der Waals surface area contributed by atoms with Gasteiger partial charge in [0.05, 0.1) is 18.2 Å². The van der Waals surface area contributed by atoms with Crippen LogP contribution in [0, 0.1) is 17.9 Å². The Morgan fingerprint density at radius 3 is 2.43 bits per heavy atom. The molecule has 0 atom stereocenters. The van der Waals surface area contributed by atoms with Crippen molar-refractivity contribution >= 4 is 17.5 Å². The van der Waals surface area contributed by atoms with Crippen LogP contribution in [0.1, 0.15) is 21.5 Å². The second kappa shape index (κ2) is 8.03. The molecule has 6 nitrogen and oxygen atoms in total. The average Bonchev–Trinajstić information content (AvgIpc) is 3.06. The van der Waals surface area contributed by atoms with Crippen molar-refractivity contribution in [1.29, 1.82) is 5.26 Å². The lowest BCUT2D eigenvalue weighted by Gasteiger charge is -2.10. The normalized spacial score (nSPS) is 12.6. The average molecular weight is 370 g/mol. The molecule has 0 heterocycles. The van der Waals surface area contributed by atoms with Crippen LogP contribution in [0.3, 0.4) is 0 Å². The van der Waals surface area contributed by atoms with Gasteiger partial charge in [-0.25, -0.2) is 19.7 Å². The topological polar surface area (TPSA) is 80.8 Å². The van der Waals surface area contributed by atoms with E-state index in [-0.39, 0.29) is 18.9 Å². The quantitative estimate of drug-likeness (QED) is 0.225. The van der Waals surface area contributed by atoms with E-state index in [0.29, 0.717) is 22.3 Å². The number of carbonyl (C=O) groups excluding carboxylic acids is 2. The van der Waals surface area contributed by atoms with Crippen LogP contribution in [0.15, 0.2) is 60.8 Å². The highest BCUT2D eigenvalue weighted by molar-refractivity contribution is 6.10. The fraction of sp³-hybridized carbons (Fsp3) is 0.0909. The molecule has 3 rings (SSSR count). The summed E-state index contributed by atoms with van der Waals surface area (Å²) in [7, 11) is 0. The minimum atomic E-state index is -0.594. The Morgan fingerprint density at radius 1 is 1.07 bits per heavy atom. The number of hydrogen-bond acceptors (Lipinski definition) is 5. The predicted molar refractivity (Wildman–Crippen MR) is 102 cm³/mol. The smallest absolute Gasteiger partial charge is 0.338 e. The molecule has 0 amide bonds. The van der Waals surface area contributed by atoms with E-state index in [1.54, 1.807) is 18.2 Å². The van der Waals surface area contributed by atoms with Gasteiger partial charge in [-0.3, -0.25) is 0 Å². The highest BCUT2D eigenvalue weighted by Gasteiger charge is 2.30. The van der Waals surface area contributed by atoms with E-state index in [2.05, 4.69) is 11.4 Å². The van der Waals surface area contributed by atoms with E-state index in [9.17, 15) is 14.9 Å². The van der Waals surface area contributed by atoms with Crippen LogP contribution < -0.4 is 0 Å². The number of nitrogens with zero attached hydrogens (tertiary/aromatic N) is 2. The van der Waals surface area contributed by atoms with Gasteiger partial charge in [-0.15, -0.1) is 0 Å². The number of benzene rings is 2. The third-order valence-corrected chi connectivity index (χ3v) is 4.20. The molecule has 0 radical (unpaired) electrons. The predicted octanol–water partition coefficient (Wildman–Crippen LogP) is 3.76. The molecule has 2 aromatic rings. The lowest BCUT2D eigenvalue weighted by Crippen LogP contribution is -2.13. The van der Waals surface area contributed by atoms with Crippen LogP contribution in [-0.4, -0.2) is 25.2 Å². The molecule has 1 aliphatic carbocycles. The molecular formula is C22H14N2O4. The van der Waals surface area contributed by atoms with E-state index in [1.165, 1.54) is 0 Å². The molecule has 0 fully saturated rings. The van der Waals surface area contributed by atoms with Gasteiger partial charge in [0.15, 0.2) is 0 Å². The molecule has 28 heavy (non-hydrogen) atoms. The summed E-state index contributed by atoms with van der Waals surface area (Å²) in [5, 5.41) is 9.36. The summed E-state index contributed by atoms with van der Waals surface area (Å²) in [6.07, 6.45) is 1.03. The Morgan fingerprint density at radius 2 is 1.75 bits per heavy atom. The minimum Gasteiger partial charge on any atom is -0.459 e. The first-order valence-electron chi connectivity index (χ1n) is 8.33. The number of nitriles is 1. The lowest BCUT2D eigenvalue weighted by atomic mass is 9.99. The summed E-state index contributed by atoms with van der Waals surface area (Å²) in [5.41, 5.74) is 3.54. The Bertz CT molecular complexity index is 1080. The molecule has 0 aliphatic heterocycles. The Labute approximate surface area is 161 Å². The number of esters is 2. The highest BCUT2D eigenvalue weighted by atomic mass is 16.6. The molecule has 2 aromatic carbocycles. The van der Waals surface area contributed by atoms with Gasteiger partial charge < -0.3 is 9.47 Å². The molecule has 0 spiro atoms. The van der Waals surface area contributed by atoms with Crippen molar-refractivity contribution in [1.82, 2.24) is 0 Å². The van der Waals surface area contributed by atoms with Crippen molar-refractivity contribution in [2.24, 2.45) is 0 Å². The maximum atomic E-state index is 12.6. The monoisotopic (exact) mass is 370 g/mol. The van der Waals surface area contributed by atoms with Crippen LogP contribution in [0.4, 0.5) is 0 Å². The number of ether oxygens (including phenoxy) is 2. The number of hydrogen-bond donors (Lipinski definition) is 0. The lowest BCUT2D eigenvalue weighted by molar-refractivity contribution is -0.138. The second-order valence-corrected chi connectivity index (χ2v) is 5.73. The standard InChI is InChI=1S/C22H14N2O4/c1-3-19(25)27-11-12-28-22(26)17-10-6-9-16-20(17)14-7-4-5-8-15(14)21(16)18(13-23)24-2/h3-10H,1,11-12H2/b21-18-. The zero-order valence-electron chi connectivity index (χ0n) is 14.8. The molecule has 1 aliphatic rings. The van der Waals surface area contributed by atoms with E-state index in [1.807, 2.05) is 30.3 Å². The Hall–Kier alpha value is -4.16. The molecule has 0 bridgehead atoms. The maximum Gasteiger partial charge on any atom is 0.338 e. The van der Waals surface area contributed by atoms with Crippen molar-refractivity contribution < 1.29 is 19.1 Å². The second-order valence-electron chi connectivity index (χ2n) is 5.73. The molecule has 0 unspecified atom stereocenters. The Balaban J connectivity index is 1.99. The number of allylic oxidation sites excluding steroid dienone is 1. The van der Waals surface area contributed by atoms with Crippen LogP contribution >= 0.6 is 0 Å².